The number of carbonyl (C=O) groups is 1. The highest BCUT2D eigenvalue weighted by Gasteiger charge is 2.32. The van der Waals surface area contributed by atoms with Crippen molar-refractivity contribution in [3.05, 3.63) is 22.7 Å². The lowest BCUT2D eigenvalue weighted by Crippen LogP contribution is -2.27. The predicted molar refractivity (Wildman–Crippen MR) is 77.9 cm³/mol. The first kappa shape index (κ1) is 14.0. The molecule has 0 bridgehead atoms. The number of hydrogen-bond donors (Lipinski definition) is 1. The maximum absolute atomic E-state index is 12.1. The first-order valence-corrected chi connectivity index (χ1v) is 6.99. The lowest BCUT2D eigenvalue weighted by Gasteiger charge is -2.26. The first-order valence-electron chi connectivity index (χ1n) is 6.61. The lowest BCUT2D eigenvalue weighted by molar-refractivity contribution is 0.0527. The lowest BCUT2D eigenvalue weighted by atomic mass is 10.1. The molecule has 4 nitrogen and oxygen atoms in total. The highest BCUT2D eigenvalue weighted by Crippen LogP contribution is 2.39. The van der Waals surface area contributed by atoms with E-state index in [-0.39, 0.29) is 5.97 Å². The molecule has 1 saturated carbocycles. The second-order valence-electron chi connectivity index (χ2n) is 4.64. The van der Waals surface area contributed by atoms with Crippen LogP contribution < -0.4 is 10.6 Å². The average Bonchev–Trinajstić information content (AvgIpc) is 3.17. The van der Waals surface area contributed by atoms with Gasteiger partial charge in [-0.25, -0.2) is 4.79 Å². The minimum atomic E-state index is -0.370. The van der Waals surface area contributed by atoms with E-state index in [4.69, 9.17) is 22.1 Å². The summed E-state index contributed by atoms with van der Waals surface area (Å²) in [4.78, 5) is 14.2. The molecule has 1 aromatic carbocycles. The van der Waals surface area contributed by atoms with E-state index in [0.717, 1.165) is 25.1 Å². The Labute approximate surface area is 118 Å². The fourth-order valence-electron chi connectivity index (χ4n) is 2.26. The van der Waals surface area contributed by atoms with Gasteiger partial charge in [-0.05, 0) is 38.8 Å². The molecule has 0 radical (unpaired) electrons. The Kier molecular flexibility index (Phi) is 4.20. The average molecular weight is 283 g/mol. The molecule has 0 aliphatic heterocycles. The van der Waals surface area contributed by atoms with Gasteiger partial charge in [0.2, 0.25) is 0 Å². The summed E-state index contributed by atoms with van der Waals surface area (Å²) in [6, 6.07) is 3.80. The zero-order chi connectivity index (χ0) is 14.0. The molecule has 1 fully saturated rings. The second kappa shape index (κ2) is 5.70. The number of carbonyl (C=O) groups excluding carboxylic acids is 1. The molecule has 1 aliphatic rings. The van der Waals surface area contributed by atoms with Crippen molar-refractivity contribution in [1.29, 1.82) is 0 Å². The summed E-state index contributed by atoms with van der Waals surface area (Å²) in [5.41, 5.74) is 7.47. The number of anilines is 2. The van der Waals surface area contributed by atoms with Crippen LogP contribution in [0.15, 0.2) is 12.1 Å². The monoisotopic (exact) mass is 282 g/mol. The van der Waals surface area contributed by atoms with Crippen LogP contribution in [0, 0.1) is 0 Å². The quantitative estimate of drug-likeness (QED) is 0.666. The van der Waals surface area contributed by atoms with Crippen molar-refractivity contribution < 1.29 is 9.53 Å². The Hall–Kier alpha value is -1.42. The Balaban J connectivity index is 2.46. The third kappa shape index (κ3) is 2.95. The van der Waals surface area contributed by atoms with Crippen LogP contribution in [-0.2, 0) is 4.74 Å². The fourth-order valence-corrected chi connectivity index (χ4v) is 2.60. The summed E-state index contributed by atoms with van der Waals surface area (Å²) < 4.78 is 5.09. The van der Waals surface area contributed by atoms with Crippen LogP contribution in [0.5, 0.6) is 0 Å². The highest BCUT2D eigenvalue weighted by molar-refractivity contribution is 6.34. The summed E-state index contributed by atoms with van der Waals surface area (Å²) in [6.07, 6.45) is 2.27. The molecule has 0 aromatic heterocycles. The van der Waals surface area contributed by atoms with Crippen molar-refractivity contribution in [2.45, 2.75) is 32.7 Å². The van der Waals surface area contributed by atoms with Crippen LogP contribution in [-0.4, -0.2) is 25.2 Å². The van der Waals surface area contributed by atoms with E-state index >= 15 is 0 Å². The molecule has 0 saturated heterocycles. The summed E-state index contributed by atoms with van der Waals surface area (Å²) in [5, 5.41) is 0.511. The van der Waals surface area contributed by atoms with E-state index in [2.05, 4.69) is 11.8 Å². The number of esters is 1. The predicted octanol–water partition coefficient (Wildman–Crippen LogP) is 3.09. The molecule has 0 amide bonds. The van der Waals surface area contributed by atoms with Gasteiger partial charge in [-0.3, -0.25) is 0 Å². The number of rotatable bonds is 5. The van der Waals surface area contributed by atoms with Crippen molar-refractivity contribution in [2.75, 3.05) is 23.8 Å². The van der Waals surface area contributed by atoms with Gasteiger partial charge in [0.15, 0.2) is 0 Å². The smallest absolute Gasteiger partial charge is 0.340 e. The van der Waals surface area contributed by atoms with Crippen molar-refractivity contribution in [3.8, 4) is 0 Å². The van der Waals surface area contributed by atoms with E-state index in [1.165, 1.54) is 0 Å². The van der Waals surface area contributed by atoms with Gasteiger partial charge in [0.05, 0.1) is 22.9 Å². The van der Waals surface area contributed by atoms with E-state index in [9.17, 15) is 4.79 Å². The second-order valence-corrected chi connectivity index (χ2v) is 5.04. The largest absolute Gasteiger partial charge is 0.462 e. The van der Waals surface area contributed by atoms with E-state index < -0.39 is 0 Å². The standard InChI is InChI=1S/C14H19ClN2O2/c1-3-17(10-5-6-10)13-11(14(18)19-4-2)7-9(16)8-12(13)15/h7-8,10H,3-6,16H2,1-2H3. The van der Waals surface area contributed by atoms with Gasteiger partial charge in [0, 0.05) is 18.3 Å². The Morgan fingerprint density at radius 2 is 2.16 bits per heavy atom. The van der Waals surface area contributed by atoms with E-state index in [1.807, 2.05) is 0 Å². The molecule has 0 unspecified atom stereocenters. The van der Waals surface area contributed by atoms with Gasteiger partial charge in [0.25, 0.3) is 0 Å². The number of nitrogens with zero attached hydrogens (tertiary/aromatic N) is 1. The molecule has 1 aromatic rings. The minimum Gasteiger partial charge on any atom is -0.462 e. The topological polar surface area (TPSA) is 55.6 Å². The zero-order valence-corrected chi connectivity index (χ0v) is 12.0. The third-order valence-electron chi connectivity index (χ3n) is 3.20. The van der Waals surface area contributed by atoms with Gasteiger partial charge < -0.3 is 15.4 Å². The molecule has 2 N–H and O–H groups in total. The number of hydrogen-bond acceptors (Lipinski definition) is 4. The zero-order valence-electron chi connectivity index (χ0n) is 11.3. The molecule has 0 atom stereocenters. The van der Waals surface area contributed by atoms with Crippen molar-refractivity contribution in [3.63, 3.8) is 0 Å². The summed E-state index contributed by atoms with van der Waals surface area (Å²) in [6.45, 7) is 4.98. The fraction of sp³-hybridized carbons (Fsp3) is 0.500. The Morgan fingerprint density at radius 3 is 2.68 bits per heavy atom. The summed E-state index contributed by atoms with van der Waals surface area (Å²) in [7, 11) is 0. The summed E-state index contributed by atoms with van der Waals surface area (Å²) >= 11 is 6.29. The van der Waals surface area contributed by atoms with Crippen LogP contribution in [0.4, 0.5) is 11.4 Å². The van der Waals surface area contributed by atoms with Gasteiger partial charge >= 0.3 is 5.97 Å². The van der Waals surface area contributed by atoms with Crippen LogP contribution in [0.2, 0.25) is 5.02 Å². The molecule has 104 valence electrons. The van der Waals surface area contributed by atoms with Gasteiger partial charge in [-0.1, -0.05) is 11.6 Å². The number of halogens is 1. The van der Waals surface area contributed by atoms with Crippen LogP contribution in [0.3, 0.4) is 0 Å². The molecule has 5 heteroatoms. The molecule has 0 spiro atoms. The molecular formula is C14H19ClN2O2. The van der Waals surface area contributed by atoms with Crippen molar-refractivity contribution in [2.24, 2.45) is 0 Å². The number of nitrogen functional groups attached to an aromatic ring is 1. The molecular weight excluding hydrogens is 264 g/mol. The van der Waals surface area contributed by atoms with E-state index in [0.29, 0.717) is 28.9 Å². The normalized spacial score (nSPS) is 14.3. The Bertz CT molecular complexity index is 487. The SMILES string of the molecule is CCOC(=O)c1cc(N)cc(Cl)c1N(CC)C1CC1. The molecule has 0 heterocycles. The maximum atomic E-state index is 12.1. The highest BCUT2D eigenvalue weighted by atomic mass is 35.5. The Morgan fingerprint density at radius 1 is 1.47 bits per heavy atom. The molecule has 1 aliphatic carbocycles. The van der Waals surface area contributed by atoms with Gasteiger partial charge in [-0.15, -0.1) is 0 Å². The minimum absolute atomic E-state index is 0.334. The van der Waals surface area contributed by atoms with Crippen molar-refractivity contribution >= 4 is 28.9 Å². The molecule has 2 rings (SSSR count). The molecule has 19 heavy (non-hydrogen) atoms. The number of ether oxygens (including phenoxy) is 1. The van der Waals surface area contributed by atoms with Gasteiger partial charge in [-0.2, -0.15) is 0 Å². The number of nitrogens with two attached hydrogens (primary N) is 1. The first-order chi connectivity index (χ1) is 9.08. The van der Waals surface area contributed by atoms with Crippen LogP contribution in [0.1, 0.15) is 37.0 Å². The third-order valence-corrected chi connectivity index (χ3v) is 3.48. The van der Waals surface area contributed by atoms with E-state index in [1.54, 1.807) is 19.1 Å². The van der Waals surface area contributed by atoms with Crippen LogP contribution in [0.25, 0.3) is 0 Å². The number of benzene rings is 1. The summed E-state index contributed by atoms with van der Waals surface area (Å²) in [5.74, 6) is -0.370. The maximum Gasteiger partial charge on any atom is 0.340 e. The van der Waals surface area contributed by atoms with Gasteiger partial charge in [0.1, 0.15) is 0 Å². The van der Waals surface area contributed by atoms with Crippen LogP contribution >= 0.6 is 11.6 Å². The van der Waals surface area contributed by atoms with Crippen molar-refractivity contribution in [1.82, 2.24) is 0 Å².